The molecule has 0 spiro atoms. The van der Waals surface area contributed by atoms with Crippen LogP contribution in [0.5, 0.6) is 0 Å². The van der Waals surface area contributed by atoms with E-state index in [2.05, 4.69) is 5.32 Å². The van der Waals surface area contributed by atoms with Crippen molar-refractivity contribution >= 4 is 17.9 Å². The van der Waals surface area contributed by atoms with Crippen LogP contribution in [0.1, 0.15) is 48.5 Å². The van der Waals surface area contributed by atoms with Gasteiger partial charge in [-0.25, -0.2) is 4.79 Å². The molecule has 0 aromatic carbocycles. The topological polar surface area (TPSA) is 82.2 Å². The number of hydrogen-bond donors (Lipinski definition) is 1. The fraction of sp³-hybridized carbons (Fsp3) is 0.857. The SMILES string of the molecule is CC(C)C(=O)N1CCN(C(=O)OC(C)(C)C)CC1.CC(C)C(=O)N1CCNCC1. The standard InChI is InChI=1S/C13H24N2O3.C8H16N2O/c1-10(2)11(16)14-6-8-15(9-7-14)12(17)18-13(3,4)5;1-7(2)8(11)10-5-3-9-4-6-10/h10H,6-9H2,1-5H3;7,9H,3-6H2,1-2H3. The minimum absolute atomic E-state index is 0.0121. The van der Waals surface area contributed by atoms with Crippen LogP contribution in [0, 0.1) is 11.8 Å². The summed E-state index contributed by atoms with van der Waals surface area (Å²) in [6.07, 6.45) is -0.292. The Bertz CT molecular complexity index is 543. The van der Waals surface area contributed by atoms with Gasteiger partial charge in [-0.3, -0.25) is 9.59 Å². The Morgan fingerprint density at radius 3 is 1.48 bits per heavy atom. The minimum Gasteiger partial charge on any atom is -0.444 e. The average Bonchev–Trinajstić information content (AvgIpc) is 2.66. The monoisotopic (exact) mass is 412 g/mol. The van der Waals surface area contributed by atoms with E-state index in [0.29, 0.717) is 26.2 Å². The van der Waals surface area contributed by atoms with Crippen LogP contribution in [0.15, 0.2) is 0 Å². The predicted molar refractivity (Wildman–Crippen MR) is 114 cm³/mol. The van der Waals surface area contributed by atoms with E-state index in [1.165, 1.54) is 0 Å². The lowest BCUT2D eigenvalue weighted by Crippen LogP contribution is -2.52. The van der Waals surface area contributed by atoms with Crippen molar-refractivity contribution in [1.29, 1.82) is 0 Å². The molecule has 29 heavy (non-hydrogen) atoms. The van der Waals surface area contributed by atoms with Crippen LogP contribution in [0.2, 0.25) is 0 Å². The third-order valence-electron chi connectivity index (χ3n) is 4.66. The zero-order valence-corrected chi connectivity index (χ0v) is 19.3. The summed E-state index contributed by atoms with van der Waals surface area (Å²) in [5, 5.41) is 3.21. The first-order valence-corrected chi connectivity index (χ1v) is 10.7. The second-order valence-electron chi connectivity index (χ2n) is 9.18. The van der Waals surface area contributed by atoms with E-state index in [0.717, 1.165) is 26.2 Å². The molecule has 0 aliphatic carbocycles. The first-order valence-electron chi connectivity index (χ1n) is 10.7. The fourth-order valence-corrected chi connectivity index (χ4v) is 3.05. The van der Waals surface area contributed by atoms with E-state index in [-0.39, 0.29) is 29.7 Å². The highest BCUT2D eigenvalue weighted by molar-refractivity contribution is 5.79. The Labute approximate surface area is 175 Å². The molecule has 2 aliphatic rings. The molecule has 0 unspecified atom stereocenters. The Balaban J connectivity index is 0.000000326. The van der Waals surface area contributed by atoms with Crippen molar-refractivity contribution in [3.05, 3.63) is 0 Å². The molecule has 0 atom stereocenters. The smallest absolute Gasteiger partial charge is 0.410 e. The fourth-order valence-electron chi connectivity index (χ4n) is 3.05. The molecular formula is C21H40N4O4. The molecular weight excluding hydrogens is 372 g/mol. The molecule has 3 amide bonds. The Morgan fingerprint density at radius 2 is 1.10 bits per heavy atom. The number of rotatable bonds is 2. The van der Waals surface area contributed by atoms with Gasteiger partial charge in [0.15, 0.2) is 0 Å². The van der Waals surface area contributed by atoms with E-state index in [4.69, 9.17) is 4.74 Å². The van der Waals surface area contributed by atoms with Crippen LogP contribution in [-0.4, -0.2) is 90.6 Å². The number of piperazine rings is 2. The largest absolute Gasteiger partial charge is 0.444 e. The zero-order valence-electron chi connectivity index (χ0n) is 19.3. The quantitative estimate of drug-likeness (QED) is 0.748. The van der Waals surface area contributed by atoms with Gasteiger partial charge in [-0.05, 0) is 20.8 Å². The number of nitrogens with zero attached hydrogens (tertiary/aromatic N) is 3. The zero-order chi connectivity index (χ0) is 22.2. The lowest BCUT2D eigenvalue weighted by atomic mass is 10.1. The van der Waals surface area contributed by atoms with Gasteiger partial charge in [0.25, 0.3) is 0 Å². The maximum Gasteiger partial charge on any atom is 0.410 e. The number of carbonyl (C=O) groups excluding carboxylic acids is 3. The summed E-state index contributed by atoms with van der Waals surface area (Å²) in [6, 6.07) is 0. The second kappa shape index (κ2) is 11.4. The number of nitrogens with one attached hydrogen (secondary N) is 1. The minimum atomic E-state index is -0.470. The van der Waals surface area contributed by atoms with Crippen LogP contribution < -0.4 is 5.32 Å². The second-order valence-corrected chi connectivity index (χ2v) is 9.18. The summed E-state index contributed by atoms with van der Waals surface area (Å²) in [6.45, 7) is 19.1. The predicted octanol–water partition coefficient (Wildman–Crippen LogP) is 1.80. The van der Waals surface area contributed by atoms with Crippen molar-refractivity contribution in [2.75, 3.05) is 52.4 Å². The van der Waals surface area contributed by atoms with E-state index < -0.39 is 5.60 Å². The van der Waals surface area contributed by atoms with Gasteiger partial charge >= 0.3 is 6.09 Å². The van der Waals surface area contributed by atoms with E-state index in [9.17, 15) is 14.4 Å². The number of carbonyl (C=O) groups is 3. The van der Waals surface area contributed by atoms with Crippen LogP contribution in [-0.2, 0) is 14.3 Å². The molecule has 0 aromatic rings. The molecule has 2 saturated heterocycles. The summed E-state index contributed by atoms with van der Waals surface area (Å²) in [7, 11) is 0. The molecule has 2 fully saturated rings. The lowest BCUT2D eigenvalue weighted by Gasteiger charge is -2.36. The highest BCUT2D eigenvalue weighted by Crippen LogP contribution is 2.13. The van der Waals surface area contributed by atoms with Crippen LogP contribution >= 0.6 is 0 Å². The number of amides is 3. The summed E-state index contributed by atoms with van der Waals surface area (Å²) < 4.78 is 5.30. The molecule has 0 radical (unpaired) electrons. The lowest BCUT2D eigenvalue weighted by molar-refractivity contribution is -0.136. The Morgan fingerprint density at radius 1 is 0.724 bits per heavy atom. The third kappa shape index (κ3) is 9.02. The van der Waals surface area contributed by atoms with E-state index in [1.807, 2.05) is 58.3 Å². The van der Waals surface area contributed by atoms with Crippen molar-refractivity contribution in [3.63, 3.8) is 0 Å². The molecule has 0 aromatic heterocycles. The van der Waals surface area contributed by atoms with E-state index >= 15 is 0 Å². The molecule has 8 nitrogen and oxygen atoms in total. The van der Waals surface area contributed by atoms with Crippen molar-refractivity contribution in [3.8, 4) is 0 Å². The van der Waals surface area contributed by atoms with Gasteiger partial charge in [0.1, 0.15) is 5.60 Å². The highest BCUT2D eigenvalue weighted by atomic mass is 16.6. The molecule has 8 heteroatoms. The summed E-state index contributed by atoms with van der Waals surface area (Å²) in [4.78, 5) is 40.4. The Hall–Kier alpha value is -1.83. The molecule has 1 N–H and O–H groups in total. The molecule has 0 bridgehead atoms. The maximum atomic E-state index is 11.8. The maximum absolute atomic E-state index is 11.8. The van der Waals surface area contributed by atoms with Crippen LogP contribution in [0.4, 0.5) is 4.79 Å². The first-order chi connectivity index (χ1) is 13.4. The number of ether oxygens (including phenoxy) is 1. The molecule has 2 rings (SSSR count). The Kier molecular flexibility index (Phi) is 9.89. The van der Waals surface area contributed by atoms with Crippen molar-refractivity contribution < 1.29 is 19.1 Å². The van der Waals surface area contributed by atoms with Gasteiger partial charge in [-0.1, -0.05) is 27.7 Å². The highest BCUT2D eigenvalue weighted by Gasteiger charge is 2.28. The van der Waals surface area contributed by atoms with Crippen molar-refractivity contribution in [1.82, 2.24) is 20.0 Å². The number of hydrogen-bond acceptors (Lipinski definition) is 5. The van der Waals surface area contributed by atoms with Gasteiger partial charge in [0.2, 0.25) is 11.8 Å². The third-order valence-corrected chi connectivity index (χ3v) is 4.66. The van der Waals surface area contributed by atoms with Crippen LogP contribution in [0.25, 0.3) is 0 Å². The van der Waals surface area contributed by atoms with Crippen molar-refractivity contribution in [2.45, 2.75) is 54.1 Å². The summed E-state index contributed by atoms with van der Waals surface area (Å²) in [5.74, 6) is 0.594. The molecule has 168 valence electrons. The van der Waals surface area contributed by atoms with Gasteiger partial charge in [-0.15, -0.1) is 0 Å². The van der Waals surface area contributed by atoms with Gasteiger partial charge in [-0.2, -0.15) is 0 Å². The average molecular weight is 413 g/mol. The first kappa shape index (κ1) is 25.2. The van der Waals surface area contributed by atoms with E-state index in [1.54, 1.807) is 4.90 Å². The molecule has 2 heterocycles. The normalized spacial score (nSPS) is 17.8. The van der Waals surface area contributed by atoms with Gasteiger partial charge in [0, 0.05) is 64.2 Å². The van der Waals surface area contributed by atoms with Gasteiger partial charge in [0.05, 0.1) is 0 Å². The molecule has 0 saturated carbocycles. The van der Waals surface area contributed by atoms with Crippen molar-refractivity contribution in [2.24, 2.45) is 11.8 Å². The molecule has 2 aliphatic heterocycles. The van der Waals surface area contributed by atoms with Gasteiger partial charge < -0.3 is 24.8 Å². The van der Waals surface area contributed by atoms with Crippen LogP contribution in [0.3, 0.4) is 0 Å². The summed E-state index contributed by atoms with van der Waals surface area (Å²) >= 11 is 0. The summed E-state index contributed by atoms with van der Waals surface area (Å²) in [5.41, 5.74) is -0.470.